The van der Waals surface area contributed by atoms with E-state index in [1.165, 1.54) is 27.2 Å². The van der Waals surface area contributed by atoms with Gasteiger partial charge in [-0.1, -0.05) is 0 Å². The summed E-state index contributed by atoms with van der Waals surface area (Å²) in [4.78, 5) is 22.5. The highest BCUT2D eigenvalue weighted by Crippen LogP contribution is 2.36. The molecular formula is C22H25N3O6. The highest BCUT2D eigenvalue weighted by Gasteiger charge is 2.21. The lowest BCUT2D eigenvalue weighted by Gasteiger charge is -2.12. The molecular weight excluding hydrogens is 402 g/mol. The number of nitro groups is 1. The minimum Gasteiger partial charge on any atom is -0.497 e. The van der Waals surface area contributed by atoms with Crippen LogP contribution in [0.1, 0.15) is 18.1 Å². The number of nitrogens with one attached hydrogen (secondary N) is 1. The molecule has 0 bridgehead atoms. The van der Waals surface area contributed by atoms with Crippen molar-refractivity contribution >= 4 is 22.5 Å². The molecule has 0 unspecified atom stereocenters. The lowest BCUT2D eigenvalue weighted by atomic mass is 10.1. The van der Waals surface area contributed by atoms with Gasteiger partial charge in [-0.15, -0.1) is 0 Å². The number of carbonyl (C=O) groups excluding carboxylic acids is 1. The summed E-state index contributed by atoms with van der Waals surface area (Å²) in [6.45, 7) is 2.23. The number of methoxy groups -OCH3 is 3. The molecule has 0 aliphatic carbocycles. The SMILES string of the molecule is COc1ccc2c(c1)c(CCNC(C)=O)cn2Cc1cc(OC)c(OC)cc1[N+](=O)[O-]. The quantitative estimate of drug-likeness (QED) is 0.415. The summed E-state index contributed by atoms with van der Waals surface area (Å²) in [5.41, 5.74) is 2.35. The van der Waals surface area contributed by atoms with Crippen LogP contribution in [0.5, 0.6) is 17.2 Å². The molecule has 0 aliphatic heterocycles. The van der Waals surface area contributed by atoms with Gasteiger partial charge in [-0.25, -0.2) is 0 Å². The fourth-order valence-corrected chi connectivity index (χ4v) is 3.57. The smallest absolute Gasteiger partial charge is 0.278 e. The summed E-state index contributed by atoms with van der Waals surface area (Å²) in [5, 5.41) is 15.4. The summed E-state index contributed by atoms with van der Waals surface area (Å²) in [5.74, 6) is 1.34. The molecule has 1 aromatic heterocycles. The zero-order chi connectivity index (χ0) is 22.5. The maximum absolute atomic E-state index is 11.7. The van der Waals surface area contributed by atoms with E-state index in [4.69, 9.17) is 14.2 Å². The molecule has 164 valence electrons. The van der Waals surface area contributed by atoms with Gasteiger partial charge in [0.2, 0.25) is 5.91 Å². The van der Waals surface area contributed by atoms with Crippen LogP contribution in [-0.2, 0) is 17.8 Å². The Morgan fingerprint density at radius 1 is 1.06 bits per heavy atom. The van der Waals surface area contributed by atoms with Crippen molar-refractivity contribution in [3.8, 4) is 17.2 Å². The molecule has 31 heavy (non-hydrogen) atoms. The Kier molecular flexibility index (Phi) is 6.64. The minimum atomic E-state index is -0.427. The Morgan fingerprint density at radius 2 is 1.77 bits per heavy atom. The first kappa shape index (κ1) is 21.9. The van der Waals surface area contributed by atoms with Crippen LogP contribution in [0.3, 0.4) is 0 Å². The zero-order valence-corrected chi connectivity index (χ0v) is 17.9. The van der Waals surface area contributed by atoms with Crippen LogP contribution < -0.4 is 19.5 Å². The van der Waals surface area contributed by atoms with Gasteiger partial charge in [-0.2, -0.15) is 0 Å². The Bertz CT molecular complexity index is 1120. The van der Waals surface area contributed by atoms with Gasteiger partial charge in [0.05, 0.1) is 44.4 Å². The van der Waals surface area contributed by atoms with Crippen LogP contribution in [0.2, 0.25) is 0 Å². The molecule has 0 saturated carbocycles. The number of nitro benzene ring substituents is 1. The number of fused-ring (bicyclic) bond motifs is 1. The summed E-state index contributed by atoms with van der Waals surface area (Å²) < 4.78 is 17.9. The fourth-order valence-electron chi connectivity index (χ4n) is 3.57. The van der Waals surface area contributed by atoms with Gasteiger partial charge in [-0.3, -0.25) is 14.9 Å². The predicted octanol–water partition coefficient (Wildman–Crippen LogP) is 3.30. The van der Waals surface area contributed by atoms with Crippen molar-refractivity contribution in [1.82, 2.24) is 9.88 Å². The molecule has 0 aliphatic rings. The lowest BCUT2D eigenvalue weighted by molar-refractivity contribution is -0.385. The number of nitrogens with zero attached hydrogens (tertiary/aromatic N) is 2. The molecule has 2 aromatic carbocycles. The summed E-state index contributed by atoms with van der Waals surface area (Å²) in [6.07, 6.45) is 2.57. The number of carbonyl (C=O) groups is 1. The van der Waals surface area contributed by atoms with E-state index in [9.17, 15) is 14.9 Å². The molecule has 1 N–H and O–H groups in total. The van der Waals surface area contributed by atoms with E-state index >= 15 is 0 Å². The highest BCUT2D eigenvalue weighted by atomic mass is 16.6. The van der Waals surface area contributed by atoms with Crippen LogP contribution in [-0.4, -0.2) is 43.3 Å². The average molecular weight is 427 g/mol. The van der Waals surface area contributed by atoms with Crippen molar-refractivity contribution in [2.24, 2.45) is 0 Å². The van der Waals surface area contributed by atoms with Crippen LogP contribution in [0.15, 0.2) is 36.5 Å². The molecule has 9 heteroatoms. The number of amides is 1. The summed E-state index contributed by atoms with van der Waals surface area (Å²) in [7, 11) is 4.53. The third kappa shape index (κ3) is 4.71. The number of hydrogen-bond donors (Lipinski definition) is 1. The second-order valence-corrected chi connectivity index (χ2v) is 6.99. The maximum atomic E-state index is 11.7. The molecule has 0 saturated heterocycles. The number of benzene rings is 2. The van der Waals surface area contributed by atoms with E-state index in [0.717, 1.165) is 16.5 Å². The number of aromatic nitrogens is 1. The molecule has 9 nitrogen and oxygen atoms in total. The van der Waals surface area contributed by atoms with E-state index in [-0.39, 0.29) is 18.1 Å². The second-order valence-electron chi connectivity index (χ2n) is 6.99. The van der Waals surface area contributed by atoms with Crippen molar-refractivity contribution in [1.29, 1.82) is 0 Å². The molecule has 1 heterocycles. The second kappa shape index (κ2) is 9.38. The average Bonchev–Trinajstić information content (AvgIpc) is 3.09. The van der Waals surface area contributed by atoms with Crippen LogP contribution >= 0.6 is 0 Å². The molecule has 3 aromatic rings. The maximum Gasteiger partial charge on any atom is 0.278 e. The Hall–Kier alpha value is -3.75. The predicted molar refractivity (Wildman–Crippen MR) is 116 cm³/mol. The lowest BCUT2D eigenvalue weighted by Crippen LogP contribution is -2.22. The van der Waals surface area contributed by atoms with Crippen LogP contribution in [0, 0.1) is 10.1 Å². The van der Waals surface area contributed by atoms with E-state index in [1.807, 2.05) is 29.0 Å². The van der Waals surface area contributed by atoms with E-state index < -0.39 is 4.92 Å². The summed E-state index contributed by atoms with van der Waals surface area (Å²) >= 11 is 0. The highest BCUT2D eigenvalue weighted by molar-refractivity contribution is 5.85. The van der Waals surface area contributed by atoms with E-state index in [0.29, 0.717) is 35.8 Å². The van der Waals surface area contributed by atoms with Crippen molar-refractivity contribution in [3.05, 3.63) is 57.8 Å². The Labute approximate surface area is 179 Å². The van der Waals surface area contributed by atoms with E-state index in [2.05, 4.69) is 5.32 Å². The number of hydrogen-bond acceptors (Lipinski definition) is 6. The van der Waals surface area contributed by atoms with Crippen molar-refractivity contribution in [2.45, 2.75) is 19.9 Å². The monoisotopic (exact) mass is 427 g/mol. The third-order valence-electron chi connectivity index (χ3n) is 5.06. The van der Waals surface area contributed by atoms with Crippen molar-refractivity contribution in [3.63, 3.8) is 0 Å². The normalized spacial score (nSPS) is 10.7. The number of rotatable bonds is 9. The fraction of sp³-hybridized carbons (Fsp3) is 0.318. The van der Waals surface area contributed by atoms with Gasteiger partial charge >= 0.3 is 0 Å². The zero-order valence-electron chi connectivity index (χ0n) is 17.9. The van der Waals surface area contributed by atoms with Crippen molar-refractivity contribution in [2.75, 3.05) is 27.9 Å². The molecule has 0 spiro atoms. The molecule has 3 rings (SSSR count). The largest absolute Gasteiger partial charge is 0.497 e. The Balaban J connectivity index is 2.07. The first-order valence-corrected chi connectivity index (χ1v) is 9.67. The minimum absolute atomic E-state index is 0.0483. The topological polar surface area (TPSA) is 105 Å². The first-order valence-electron chi connectivity index (χ1n) is 9.67. The van der Waals surface area contributed by atoms with Gasteiger partial charge < -0.3 is 24.1 Å². The van der Waals surface area contributed by atoms with Crippen molar-refractivity contribution < 1.29 is 23.9 Å². The third-order valence-corrected chi connectivity index (χ3v) is 5.06. The van der Waals surface area contributed by atoms with Gasteiger partial charge in [-0.05, 0) is 36.2 Å². The van der Waals surface area contributed by atoms with E-state index in [1.54, 1.807) is 13.2 Å². The number of ether oxygens (including phenoxy) is 3. The molecule has 0 radical (unpaired) electrons. The standard InChI is InChI=1S/C22H25N3O6/c1-14(26)23-8-7-15-12-24(19-6-5-17(29-2)10-18(15)19)13-16-9-21(30-3)22(31-4)11-20(16)25(27)28/h5-6,9-12H,7-8,13H2,1-4H3,(H,23,26). The van der Waals surface area contributed by atoms with Crippen LogP contribution in [0.25, 0.3) is 10.9 Å². The van der Waals surface area contributed by atoms with Gasteiger partial charge in [0.25, 0.3) is 5.69 Å². The van der Waals surface area contributed by atoms with Gasteiger partial charge in [0, 0.05) is 30.6 Å². The first-order chi connectivity index (χ1) is 14.9. The van der Waals surface area contributed by atoms with Gasteiger partial charge in [0.1, 0.15) is 5.75 Å². The van der Waals surface area contributed by atoms with Gasteiger partial charge in [0.15, 0.2) is 11.5 Å². The van der Waals surface area contributed by atoms with Crippen LogP contribution in [0.4, 0.5) is 5.69 Å². The molecule has 0 atom stereocenters. The Morgan fingerprint density at radius 3 is 2.39 bits per heavy atom. The molecule has 0 fully saturated rings. The summed E-state index contributed by atoms with van der Waals surface area (Å²) in [6, 6.07) is 8.70. The molecule has 1 amide bonds.